The molecule has 3 aromatic heterocycles. The Morgan fingerprint density at radius 3 is 1.15 bits per heavy atom. The van der Waals surface area contributed by atoms with E-state index in [1.54, 1.807) is 0 Å². The van der Waals surface area contributed by atoms with Crippen molar-refractivity contribution in [2.75, 3.05) is 0 Å². The molecular weight excluding hydrogens is 791 g/mol. The van der Waals surface area contributed by atoms with Crippen molar-refractivity contribution < 1.29 is 8.83 Å². The van der Waals surface area contributed by atoms with E-state index in [4.69, 9.17) is 8.83 Å². The Morgan fingerprint density at radius 1 is 0.292 bits per heavy atom. The third-order valence-electron chi connectivity index (χ3n) is 13.5. The number of hydrogen-bond acceptors (Lipinski definition) is 2. The normalized spacial score (nSPS) is 11.8. The topological polar surface area (TPSA) is 31.2 Å². The zero-order valence-corrected chi connectivity index (χ0v) is 36.0. The lowest BCUT2D eigenvalue weighted by molar-refractivity contribution is 0.633. The molecule has 0 aliphatic rings. The van der Waals surface area contributed by atoms with Crippen molar-refractivity contribution in [1.82, 2.24) is 4.57 Å². The van der Waals surface area contributed by atoms with Crippen LogP contribution in [0.2, 0.25) is 0 Å². The zero-order chi connectivity index (χ0) is 43.2. The van der Waals surface area contributed by atoms with Gasteiger partial charge in [0.2, 0.25) is 0 Å². The highest BCUT2D eigenvalue weighted by Crippen LogP contribution is 2.43. The highest BCUT2D eigenvalue weighted by atomic mass is 16.4. The second kappa shape index (κ2) is 14.6. The second-order valence-electron chi connectivity index (χ2n) is 17.4. The van der Waals surface area contributed by atoms with Gasteiger partial charge in [-0.1, -0.05) is 127 Å². The molecule has 306 valence electrons. The lowest BCUT2D eigenvalue weighted by atomic mass is 9.90. The van der Waals surface area contributed by atoms with Crippen LogP contribution in [0.5, 0.6) is 0 Å². The number of para-hydroxylation sites is 1. The average molecular weight is 832 g/mol. The van der Waals surface area contributed by atoms with Crippen molar-refractivity contribution in [2.24, 2.45) is 0 Å². The van der Waals surface area contributed by atoms with Crippen molar-refractivity contribution in [1.29, 1.82) is 0 Å². The summed E-state index contributed by atoms with van der Waals surface area (Å²) >= 11 is 0. The maximum Gasteiger partial charge on any atom is 0.178 e. The molecule has 3 heteroatoms. The van der Waals surface area contributed by atoms with Gasteiger partial charge in [-0.05, 0) is 166 Å². The zero-order valence-electron chi connectivity index (χ0n) is 36.0. The van der Waals surface area contributed by atoms with E-state index in [0.29, 0.717) is 0 Å². The van der Waals surface area contributed by atoms with Gasteiger partial charge in [0.15, 0.2) is 11.2 Å². The van der Waals surface area contributed by atoms with Crippen LogP contribution >= 0.6 is 0 Å². The predicted molar refractivity (Wildman–Crippen MR) is 272 cm³/mol. The quantitative estimate of drug-likeness (QED) is 0.167. The second-order valence-corrected chi connectivity index (χ2v) is 17.4. The number of aromatic nitrogens is 1. The minimum absolute atomic E-state index is 0.772. The van der Waals surface area contributed by atoms with E-state index >= 15 is 0 Å². The number of rotatable bonds is 6. The van der Waals surface area contributed by atoms with E-state index in [2.05, 4.69) is 231 Å². The lowest BCUT2D eigenvalue weighted by Gasteiger charge is -2.14. The fourth-order valence-electron chi connectivity index (χ4n) is 10.1. The van der Waals surface area contributed by atoms with Gasteiger partial charge < -0.3 is 13.4 Å². The number of furan rings is 2. The Hall–Kier alpha value is -8.40. The lowest BCUT2D eigenvalue weighted by Crippen LogP contribution is -1.93. The molecule has 0 aliphatic carbocycles. The molecule has 0 saturated carbocycles. The van der Waals surface area contributed by atoms with Crippen LogP contribution in [0.15, 0.2) is 221 Å². The van der Waals surface area contributed by atoms with E-state index in [9.17, 15) is 0 Å². The Kier molecular flexibility index (Phi) is 8.34. The van der Waals surface area contributed by atoms with Gasteiger partial charge in [-0.2, -0.15) is 0 Å². The van der Waals surface area contributed by atoms with Gasteiger partial charge in [0.25, 0.3) is 0 Å². The van der Waals surface area contributed by atoms with E-state index in [0.717, 1.165) is 71.8 Å². The first-order valence-corrected chi connectivity index (χ1v) is 22.3. The third-order valence-corrected chi connectivity index (χ3v) is 13.5. The van der Waals surface area contributed by atoms with Gasteiger partial charge in [-0.3, -0.25) is 0 Å². The van der Waals surface area contributed by atoms with Crippen LogP contribution in [-0.2, 0) is 0 Å². The highest BCUT2D eigenvalue weighted by Gasteiger charge is 2.19. The van der Waals surface area contributed by atoms with Gasteiger partial charge >= 0.3 is 0 Å². The maximum atomic E-state index is 6.79. The molecule has 3 heterocycles. The minimum Gasteiger partial charge on any atom is -0.452 e. The number of hydrogen-bond donors (Lipinski definition) is 0. The monoisotopic (exact) mass is 831 g/mol. The van der Waals surface area contributed by atoms with Crippen LogP contribution in [0, 0.1) is 13.8 Å². The summed E-state index contributed by atoms with van der Waals surface area (Å²) in [4.78, 5) is 0. The number of nitrogens with zero attached hydrogens (tertiary/aromatic N) is 1. The Labute approximate surface area is 376 Å². The summed E-state index contributed by atoms with van der Waals surface area (Å²) in [7, 11) is 0. The van der Waals surface area contributed by atoms with Crippen LogP contribution < -0.4 is 0 Å². The largest absolute Gasteiger partial charge is 0.452 e. The number of fused-ring (bicyclic) bond motifs is 10. The van der Waals surface area contributed by atoms with Crippen LogP contribution in [0.25, 0.3) is 127 Å². The molecule has 0 spiro atoms. The van der Waals surface area contributed by atoms with Crippen molar-refractivity contribution in [2.45, 2.75) is 13.8 Å². The van der Waals surface area contributed by atoms with E-state index < -0.39 is 0 Å². The van der Waals surface area contributed by atoms with Gasteiger partial charge in [0.1, 0.15) is 11.2 Å². The first-order valence-electron chi connectivity index (χ1n) is 22.3. The van der Waals surface area contributed by atoms with Crippen LogP contribution in [0.1, 0.15) is 11.1 Å². The molecule has 13 aromatic rings. The Bertz CT molecular complexity index is 4000. The predicted octanol–water partition coefficient (Wildman–Crippen LogP) is 17.5. The van der Waals surface area contributed by atoms with Crippen LogP contribution in [0.3, 0.4) is 0 Å². The fourth-order valence-corrected chi connectivity index (χ4v) is 10.1. The molecule has 0 atom stereocenters. The average Bonchev–Trinajstić information content (AvgIpc) is 4.04. The van der Waals surface area contributed by atoms with Gasteiger partial charge in [-0.15, -0.1) is 0 Å². The van der Waals surface area contributed by atoms with Crippen molar-refractivity contribution in [3.05, 3.63) is 223 Å². The number of benzene rings is 10. The molecule has 3 nitrogen and oxygen atoms in total. The first-order chi connectivity index (χ1) is 32.0. The molecular formula is C62H41NO2. The molecule has 0 aliphatic heterocycles. The summed E-state index contributed by atoms with van der Waals surface area (Å²) in [6, 6.07) is 76.6. The summed E-state index contributed by atoms with van der Waals surface area (Å²) in [6.45, 7) is 4.40. The molecule has 0 amide bonds. The SMILES string of the molecule is Cc1ccc(-c2ccccc2)cc1-c1cc(-c2ccc3c(c2)oc2c3ccc3c4ccc(-c5ccc6c(c5)c5cc(-c7ccccc7)ccc5n6-c5ccccc5)cc4oc32)ccc1C. The molecule has 0 fully saturated rings. The summed E-state index contributed by atoms with van der Waals surface area (Å²) in [5.41, 5.74) is 21.1. The molecule has 13 rings (SSSR count). The molecule has 0 bridgehead atoms. The van der Waals surface area contributed by atoms with Crippen LogP contribution in [-0.4, -0.2) is 4.57 Å². The van der Waals surface area contributed by atoms with Gasteiger partial charge in [0, 0.05) is 38.0 Å². The summed E-state index contributed by atoms with van der Waals surface area (Å²) in [5, 5.41) is 6.67. The summed E-state index contributed by atoms with van der Waals surface area (Å²) < 4.78 is 15.9. The van der Waals surface area contributed by atoms with Crippen molar-refractivity contribution >= 4 is 65.7 Å². The van der Waals surface area contributed by atoms with Crippen molar-refractivity contribution in [3.8, 4) is 61.3 Å². The summed E-state index contributed by atoms with van der Waals surface area (Å²) in [6.07, 6.45) is 0. The van der Waals surface area contributed by atoms with E-state index in [1.165, 1.54) is 66.3 Å². The first kappa shape index (κ1) is 37.2. The Balaban J connectivity index is 0.892. The fraction of sp³-hybridized carbons (Fsp3) is 0.0323. The van der Waals surface area contributed by atoms with E-state index in [1.807, 2.05) is 0 Å². The molecule has 0 unspecified atom stereocenters. The van der Waals surface area contributed by atoms with Crippen LogP contribution in [0.4, 0.5) is 0 Å². The smallest absolute Gasteiger partial charge is 0.178 e. The molecule has 65 heavy (non-hydrogen) atoms. The van der Waals surface area contributed by atoms with Gasteiger partial charge in [0.05, 0.1) is 11.0 Å². The van der Waals surface area contributed by atoms with E-state index in [-0.39, 0.29) is 0 Å². The Morgan fingerprint density at radius 2 is 0.662 bits per heavy atom. The highest BCUT2D eigenvalue weighted by molar-refractivity contribution is 6.19. The molecule has 10 aromatic carbocycles. The maximum absolute atomic E-state index is 6.79. The molecule has 0 saturated heterocycles. The number of aryl methyl sites for hydroxylation is 2. The molecule has 0 radical (unpaired) electrons. The van der Waals surface area contributed by atoms with Crippen molar-refractivity contribution in [3.63, 3.8) is 0 Å². The van der Waals surface area contributed by atoms with Gasteiger partial charge in [-0.25, -0.2) is 0 Å². The standard InChI is InChI=1S/C62H41NO2/c1-38-18-20-42(40-12-6-3-7-13-40)32-53(38)54-33-44(21-19-39(54)2)46-22-26-49-51-28-29-52-50-27-23-47(37-60(50)65-62(52)61(51)64-59(49)36-46)45-25-31-58-56(35-45)55-34-43(41-14-8-4-9-15-41)24-30-57(55)63(58)48-16-10-5-11-17-48/h3-37H,1-2H3. The molecule has 0 N–H and O–H groups in total. The minimum atomic E-state index is 0.772. The summed E-state index contributed by atoms with van der Waals surface area (Å²) in [5.74, 6) is 0. The third kappa shape index (κ3) is 6.04.